The van der Waals surface area contributed by atoms with Gasteiger partial charge in [-0.05, 0) is 25.4 Å². The summed E-state index contributed by atoms with van der Waals surface area (Å²) in [6.07, 6.45) is -0.306. The molecule has 0 aliphatic heterocycles. The number of ether oxygens (including phenoxy) is 2. The van der Waals surface area contributed by atoms with Gasteiger partial charge in [0, 0.05) is 5.57 Å². The molecule has 0 amide bonds. The van der Waals surface area contributed by atoms with Gasteiger partial charge in [-0.3, -0.25) is 9.59 Å². The standard InChI is InChI=1S/C9H13ClO4.C2H6/c1-4-14-8(12)5-7(11)6(2)9(10)13-3;1-2/h4-5H2,1-3H3;1-2H3/b9-6+;. The maximum Gasteiger partial charge on any atom is 0.313 e. The van der Waals surface area contributed by atoms with Crippen LogP contribution in [-0.2, 0) is 19.1 Å². The maximum absolute atomic E-state index is 11.3. The molecular weight excluding hydrogens is 232 g/mol. The molecule has 0 aromatic heterocycles. The quantitative estimate of drug-likeness (QED) is 0.326. The number of carbonyl (C=O) groups excluding carboxylic acids is 2. The van der Waals surface area contributed by atoms with E-state index in [0.29, 0.717) is 0 Å². The number of hydrogen-bond donors (Lipinski definition) is 0. The lowest BCUT2D eigenvalue weighted by Gasteiger charge is -2.03. The highest BCUT2D eigenvalue weighted by Crippen LogP contribution is 2.12. The Labute approximate surface area is 102 Å². The van der Waals surface area contributed by atoms with E-state index in [1.807, 2.05) is 13.8 Å². The third kappa shape index (κ3) is 7.29. The monoisotopic (exact) mass is 250 g/mol. The van der Waals surface area contributed by atoms with Crippen molar-refractivity contribution in [1.82, 2.24) is 0 Å². The van der Waals surface area contributed by atoms with Crippen molar-refractivity contribution in [3.63, 3.8) is 0 Å². The molecule has 0 aliphatic rings. The number of esters is 1. The van der Waals surface area contributed by atoms with Gasteiger partial charge in [0.05, 0.1) is 13.7 Å². The third-order valence-electron chi connectivity index (χ3n) is 1.50. The average Bonchev–Trinajstić information content (AvgIpc) is 2.29. The predicted octanol–water partition coefficient (Wildman–Crippen LogP) is 2.65. The lowest BCUT2D eigenvalue weighted by molar-refractivity contribution is -0.144. The molecule has 0 fully saturated rings. The molecule has 16 heavy (non-hydrogen) atoms. The number of Topliss-reactive ketones (excluding diaryl/α,β-unsaturated/α-hetero) is 1. The molecule has 0 radical (unpaired) electrons. The lowest BCUT2D eigenvalue weighted by Crippen LogP contribution is -2.12. The summed E-state index contributed by atoms with van der Waals surface area (Å²) in [7, 11) is 1.35. The minimum absolute atomic E-state index is 0.000650. The first-order valence-corrected chi connectivity index (χ1v) is 5.49. The molecule has 0 atom stereocenters. The molecule has 5 heteroatoms. The fourth-order valence-electron chi connectivity index (χ4n) is 0.738. The minimum atomic E-state index is -0.558. The molecule has 0 rings (SSSR count). The Morgan fingerprint density at radius 1 is 1.25 bits per heavy atom. The number of rotatable bonds is 5. The maximum atomic E-state index is 11.3. The molecule has 0 saturated heterocycles. The van der Waals surface area contributed by atoms with Gasteiger partial charge in [0.25, 0.3) is 0 Å². The van der Waals surface area contributed by atoms with Crippen LogP contribution >= 0.6 is 11.6 Å². The van der Waals surface area contributed by atoms with Crippen LogP contribution in [0.1, 0.15) is 34.1 Å². The number of hydrogen-bond acceptors (Lipinski definition) is 4. The smallest absolute Gasteiger partial charge is 0.313 e. The third-order valence-corrected chi connectivity index (χ3v) is 1.94. The fraction of sp³-hybridized carbons (Fsp3) is 0.636. The molecule has 0 aromatic carbocycles. The highest BCUT2D eigenvalue weighted by Gasteiger charge is 2.15. The predicted molar refractivity (Wildman–Crippen MR) is 63.2 cm³/mol. The van der Waals surface area contributed by atoms with Crippen molar-refractivity contribution in [3.05, 3.63) is 10.8 Å². The summed E-state index contributed by atoms with van der Waals surface area (Å²) < 4.78 is 9.26. The van der Waals surface area contributed by atoms with Crippen molar-refractivity contribution < 1.29 is 19.1 Å². The minimum Gasteiger partial charge on any atom is -0.486 e. The van der Waals surface area contributed by atoms with E-state index in [1.54, 1.807) is 6.92 Å². The van der Waals surface area contributed by atoms with Crippen LogP contribution in [0.2, 0.25) is 0 Å². The molecule has 4 nitrogen and oxygen atoms in total. The van der Waals surface area contributed by atoms with Crippen LogP contribution < -0.4 is 0 Å². The van der Waals surface area contributed by atoms with Gasteiger partial charge in [-0.15, -0.1) is 0 Å². The molecule has 0 saturated carbocycles. The molecule has 94 valence electrons. The van der Waals surface area contributed by atoms with E-state index in [9.17, 15) is 9.59 Å². The van der Waals surface area contributed by atoms with Crippen LogP contribution in [0.15, 0.2) is 10.8 Å². The van der Waals surface area contributed by atoms with Crippen LogP contribution in [0.25, 0.3) is 0 Å². The molecule has 0 aliphatic carbocycles. The number of ketones is 1. The van der Waals surface area contributed by atoms with E-state index in [-0.39, 0.29) is 23.8 Å². The molecule has 0 unspecified atom stereocenters. The Bertz CT molecular complexity index is 259. The normalized spacial score (nSPS) is 10.6. The zero-order valence-corrected chi connectivity index (χ0v) is 11.2. The highest BCUT2D eigenvalue weighted by molar-refractivity contribution is 6.31. The van der Waals surface area contributed by atoms with Crippen LogP contribution in [0.5, 0.6) is 0 Å². The molecule has 0 heterocycles. The SMILES string of the molecule is CC.CCOC(=O)CC(=O)/C(C)=C(\Cl)OC. The topological polar surface area (TPSA) is 52.6 Å². The van der Waals surface area contributed by atoms with E-state index in [0.717, 1.165) is 0 Å². The van der Waals surface area contributed by atoms with Gasteiger partial charge >= 0.3 is 5.97 Å². The Hall–Kier alpha value is -1.03. The highest BCUT2D eigenvalue weighted by atomic mass is 35.5. The van der Waals surface area contributed by atoms with Crippen molar-refractivity contribution in [3.8, 4) is 0 Å². The first kappa shape index (κ1) is 17.4. The van der Waals surface area contributed by atoms with E-state index in [2.05, 4.69) is 9.47 Å². The molecular formula is C11H19ClO4. The van der Waals surface area contributed by atoms with Crippen LogP contribution in [-0.4, -0.2) is 25.5 Å². The van der Waals surface area contributed by atoms with E-state index >= 15 is 0 Å². The first-order valence-electron chi connectivity index (χ1n) is 5.12. The zero-order chi connectivity index (χ0) is 13.1. The van der Waals surface area contributed by atoms with Crippen molar-refractivity contribution in [1.29, 1.82) is 0 Å². The average molecular weight is 251 g/mol. The lowest BCUT2D eigenvalue weighted by atomic mass is 10.1. The van der Waals surface area contributed by atoms with Crippen molar-refractivity contribution in [2.24, 2.45) is 0 Å². The van der Waals surface area contributed by atoms with Crippen molar-refractivity contribution in [2.75, 3.05) is 13.7 Å². The number of methoxy groups -OCH3 is 1. The van der Waals surface area contributed by atoms with Crippen molar-refractivity contribution in [2.45, 2.75) is 34.1 Å². The Morgan fingerprint density at radius 3 is 2.12 bits per heavy atom. The molecule has 0 aromatic rings. The van der Waals surface area contributed by atoms with Gasteiger partial charge in [0.2, 0.25) is 0 Å². The van der Waals surface area contributed by atoms with Gasteiger partial charge in [-0.2, -0.15) is 0 Å². The second kappa shape index (κ2) is 10.5. The van der Waals surface area contributed by atoms with Gasteiger partial charge in [-0.1, -0.05) is 13.8 Å². The summed E-state index contributed by atoms with van der Waals surface area (Å²) in [5.74, 6) is -0.951. The Balaban J connectivity index is 0. The van der Waals surface area contributed by atoms with E-state index in [4.69, 9.17) is 11.6 Å². The largest absolute Gasteiger partial charge is 0.486 e. The van der Waals surface area contributed by atoms with Gasteiger partial charge in [-0.25, -0.2) is 0 Å². The summed E-state index contributed by atoms with van der Waals surface area (Å²) in [6, 6.07) is 0. The second-order valence-electron chi connectivity index (χ2n) is 2.51. The summed E-state index contributed by atoms with van der Waals surface area (Å²) in [4.78, 5) is 22.2. The van der Waals surface area contributed by atoms with Crippen molar-refractivity contribution >= 4 is 23.4 Å². The fourth-order valence-corrected chi connectivity index (χ4v) is 0.844. The van der Waals surface area contributed by atoms with Gasteiger partial charge in [0.15, 0.2) is 11.0 Å². The molecule has 0 bridgehead atoms. The summed E-state index contributed by atoms with van der Waals surface area (Å²) >= 11 is 5.56. The Morgan fingerprint density at radius 2 is 1.75 bits per heavy atom. The zero-order valence-electron chi connectivity index (χ0n) is 10.4. The Kier molecular flexibility index (Phi) is 11.4. The van der Waals surface area contributed by atoms with Crippen LogP contribution in [0.3, 0.4) is 0 Å². The number of halogens is 1. The number of carbonyl (C=O) groups is 2. The van der Waals surface area contributed by atoms with Crippen LogP contribution in [0.4, 0.5) is 0 Å². The second-order valence-corrected chi connectivity index (χ2v) is 2.85. The summed E-state index contributed by atoms with van der Waals surface area (Å²) in [6.45, 7) is 7.42. The number of allylic oxidation sites excluding steroid dienone is 1. The van der Waals surface area contributed by atoms with Crippen LogP contribution in [0, 0.1) is 0 Å². The summed E-state index contributed by atoms with van der Waals surface area (Å²) in [5, 5.41) is -0.000650. The first-order chi connectivity index (χ1) is 7.52. The molecule has 0 N–H and O–H groups in total. The summed E-state index contributed by atoms with van der Waals surface area (Å²) in [5.41, 5.74) is 0.224. The van der Waals surface area contributed by atoms with E-state index in [1.165, 1.54) is 14.0 Å². The molecule has 0 spiro atoms. The van der Waals surface area contributed by atoms with Gasteiger partial charge < -0.3 is 9.47 Å². The van der Waals surface area contributed by atoms with Gasteiger partial charge in [0.1, 0.15) is 6.42 Å². The van der Waals surface area contributed by atoms with E-state index < -0.39 is 11.8 Å².